The summed E-state index contributed by atoms with van der Waals surface area (Å²) in [5, 5.41) is 0.707. The van der Waals surface area contributed by atoms with Gasteiger partial charge in [-0.1, -0.05) is 36.2 Å². The molecule has 0 saturated carbocycles. The Morgan fingerprint density at radius 2 is 1.86 bits per heavy atom. The van der Waals surface area contributed by atoms with E-state index < -0.39 is 10.0 Å². The van der Waals surface area contributed by atoms with Crippen LogP contribution in [-0.4, -0.2) is 13.0 Å². The fraction of sp³-hybridized carbons (Fsp3) is 0.333. The quantitative estimate of drug-likeness (QED) is 0.815. The van der Waals surface area contributed by atoms with Crippen LogP contribution in [0.15, 0.2) is 36.7 Å². The lowest BCUT2D eigenvalue weighted by Crippen LogP contribution is -2.24. The molecule has 22 heavy (non-hydrogen) atoms. The molecule has 0 bridgehead atoms. The molecule has 0 saturated heterocycles. The number of halogens is 2. The summed E-state index contributed by atoms with van der Waals surface area (Å²) in [5.74, 6) is -0.235. The van der Waals surface area contributed by atoms with E-state index in [9.17, 15) is 8.42 Å². The summed E-state index contributed by atoms with van der Waals surface area (Å²) in [7, 11) is -3.51. The topological polar surface area (TPSA) is 51.1 Å². The van der Waals surface area contributed by atoms with Gasteiger partial charge >= 0.3 is 0 Å². The number of aryl methyl sites for hydroxylation is 1. The minimum absolute atomic E-state index is 0.235. The number of benzene rings is 1. The fourth-order valence-corrected chi connectivity index (χ4v) is 3.97. The second kappa shape index (κ2) is 7.51. The molecule has 0 aliphatic carbocycles. The van der Waals surface area contributed by atoms with Crippen LogP contribution in [0.4, 0.5) is 0 Å². The summed E-state index contributed by atoms with van der Waals surface area (Å²) in [6.07, 6.45) is 4.91. The third kappa shape index (κ3) is 4.74. The second-order valence-corrected chi connectivity index (χ2v) is 7.66. The van der Waals surface area contributed by atoms with Crippen LogP contribution in [-0.2, 0) is 28.9 Å². The molecular formula is C15H18Cl2N2O2S. The molecule has 4 nitrogen and oxygen atoms in total. The van der Waals surface area contributed by atoms with Crippen LogP contribution in [0.2, 0.25) is 10.0 Å². The van der Waals surface area contributed by atoms with Gasteiger partial charge in [0.2, 0.25) is 10.0 Å². The third-order valence-corrected chi connectivity index (χ3v) is 5.15. The monoisotopic (exact) mass is 360 g/mol. The van der Waals surface area contributed by atoms with E-state index in [1.807, 2.05) is 23.0 Å². The van der Waals surface area contributed by atoms with Crippen LogP contribution in [0.5, 0.6) is 0 Å². The Labute approximate surface area is 141 Å². The summed E-state index contributed by atoms with van der Waals surface area (Å²) >= 11 is 12.0. The van der Waals surface area contributed by atoms with Crippen LogP contribution >= 0.6 is 23.2 Å². The largest absolute Gasteiger partial charge is 0.354 e. The predicted molar refractivity (Wildman–Crippen MR) is 90.6 cm³/mol. The van der Waals surface area contributed by atoms with Gasteiger partial charge < -0.3 is 4.57 Å². The van der Waals surface area contributed by atoms with Gasteiger partial charge in [-0.25, -0.2) is 13.1 Å². The first-order chi connectivity index (χ1) is 10.4. The van der Waals surface area contributed by atoms with Crippen molar-refractivity contribution in [2.24, 2.45) is 0 Å². The molecule has 0 aliphatic heterocycles. The van der Waals surface area contributed by atoms with E-state index in [1.54, 1.807) is 18.2 Å². The van der Waals surface area contributed by atoms with Crippen molar-refractivity contribution < 1.29 is 8.42 Å². The predicted octanol–water partition coefficient (Wildman–Crippen LogP) is 3.82. The fourth-order valence-electron chi connectivity index (χ4n) is 2.10. The average molecular weight is 361 g/mol. The molecule has 1 heterocycles. The van der Waals surface area contributed by atoms with Crippen LogP contribution in [0, 0.1) is 0 Å². The molecule has 120 valence electrons. The number of hydrogen-bond acceptors (Lipinski definition) is 2. The maximum atomic E-state index is 12.2. The lowest BCUT2D eigenvalue weighted by atomic mass is 10.2. The highest BCUT2D eigenvalue weighted by Gasteiger charge is 2.16. The van der Waals surface area contributed by atoms with E-state index in [2.05, 4.69) is 11.6 Å². The number of nitrogens with one attached hydrogen (secondary N) is 1. The first-order valence-electron chi connectivity index (χ1n) is 6.96. The highest BCUT2D eigenvalue weighted by atomic mass is 35.5. The van der Waals surface area contributed by atoms with Crippen LogP contribution in [0.3, 0.4) is 0 Å². The van der Waals surface area contributed by atoms with Crippen molar-refractivity contribution in [3.05, 3.63) is 57.8 Å². The van der Waals surface area contributed by atoms with E-state index in [0.717, 1.165) is 18.5 Å². The number of rotatable bonds is 7. The molecule has 1 aromatic carbocycles. The first-order valence-corrected chi connectivity index (χ1v) is 9.37. The summed E-state index contributed by atoms with van der Waals surface area (Å²) in [5.41, 5.74) is 1.34. The minimum Gasteiger partial charge on any atom is -0.354 e. The van der Waals surface area contributed by atoms with Crippen molar-refractivity contribution in [3.63, 3.8) is 0 Å². The van der Waals surface area contributed by atoms with Crippen molar-refractivity contribution in [1.82, 2.24) is 9.29 Å². The van der Waals surface area contributed by atoms with Gasteiger partial charge in [0.1, 0.15) is 0 Å². The van der Waals surface area contributed by atoms with Crippen LogP contribution in [0.1, 0.15) is 24.5 Å². The van der Waals surface area contributed by atoms with Crippen molar-refractivity contribution >= 4 is 33.2 Å². The summed E-state index contributed by atoms with van der Waals surface area (Å²) < 4.78 is 29.0. The molecule has 2 rings (SSSR count). The van der Waals surface area contributed by atoms with Gasteiger partial charge in [0.25, 0.3) is 0 Å². The standard InChI is InChI=1S/C15H18Cl2N2O2S/c1-2-7-19-8-6-12(10-19)9-18-22(20,21)11-13-14(16)4-3-5-15(13)17/h3-6,8,10,18H,2,7,9,11H2,1H3. The molecule has 2 aromatic rings. The van der Waals surface area contributed by atoms with Gasteiger partial charge in [-0.2, -0.15) is 0 Å². The van der Waals surface area contributed by atoms with E-state index in [0.29, 0.717) is 15.6 Å². The minimum atomic E-state index is -3.51. The summed E-state index contributed by atoms with van der Waals surface area (Å²) in [4.78, 5) is 0. The molecule has 0 aliphatic rings. The Bertz CT molecular complexity index is 722. The molecule has 0 spiro atoms. The molecule has 0 unspecified atom stereocenters. The molecular weight excluding hydrogens is 343 g/mol. The molecule has 0 atom stereocenters. The Kier molecular flexibility index (Phi) is 5.92. The van der Waals surface area contributed by atoms with Crippen molar-refractivity contribution in [3.8, 4) is 0 Å². The maximum absolute atomic E-state index is 12.2. The van der Waals surface area contributed by atoms with Gasteiger partial charge in [0, 0.05) is 41.1 Å². The third-order valence-electron chi connectivity index (χ3n) is 3.19. The van der Waals surface area contributed by atoms with Gasteiger partial charge in [0.05, 0.1) is 5.75 Å². The number of hydrogen-bond donors (Lipinski definition) is 1. The summed E-state index contributed by atoms with van der Waals surface area (Å²) in [6.45, 7) is 3.26. The number of sulfonamides is 1. The van der Waals surface area contributed by atoms with E-state index in [1.165, 1.54) is 0 Å². The smallest absolute Gasteiger partial charge is 0.216 e. The highest BCUT2D eigenvalue weighted by Crippen LogP contribution is 2.25. The molecule has 7 heteroatoms. The zero-order valence-corrected chi connectivity index (χ0v) is 14.5. The second-order valence-electron chi connectivity index (χ2n) is 5.04. The zero-order chi connectivity index (χ0) is 16.2. The summed E-state index contributed by atoms with van der Waals surface area (Å²) in [6, 6.07) is 6.84. The van der Waals surface area contributed by atoms with Crippen molar-refractivity contribution in [1.29, 1.82) is 0 Å². The van der Waals surface area contributed by atoms with Crippen molar-refractivity contribution in [2.75, 3.05) is 0 Å². The Morgan fingerprint density at radius 3 is 2.50 bits per heavy atom. The SMILES string of the molecule is CCCn1ccc(CNS(=O)(=O)Cc2c(Cl)cccc2Cl)c1. The van der Waals surface area contributed by atoms with E-state index >= 15 is 0 Å². The average Bonchev–Trinajstić information content (AvgIpc) is 2.89. The molecule has 0 fully saturated rings. The highest BCUT2D eigenvalue weighted by molar-refractivity contribution is 7.88. The molecule has 1 aromatic heterocycles. The zero-order valence-electron chi connectivity index (χ0n) is 12.2. The molecule has 0 amide bonds. The normalized spacial score (nSPS) is 11.8. The van der Waals surface area contributed by atoms with Gasteiger partial charge in [0.15, 0.2) is 0 Å². The number of aromatic nitrogens is 1. The number of nitrogens with zero attached hydrogens (tertiary/aromatic N) is 1. The first kappa shape index (κ1) is 17.3. The van der Waals surface area contributed by atoms with Crippen molar-refractivity contribution in [2.45, 2.75) is 32.2 Å². The van der Waals surface area contributed by atoms with Crippen LogP contribution in [0.25, 0.3) is 0 Å². The Hall–Kier alpha value is -1.01. The van der Waals surface area contributed by atoms with Crippen LogP contribution < -0.4 is 4.72 Å². The van der Waals surface area contributed by atoms with Gasteiger partial charge in [-0.05, 0) is 30.2 Å². The lowest BCUT2D eigenvalue weighted by molar-refractivity contribution is 0.580. The van der Waals surface area contributed by atoms with E-state index in [-0.39, 0.29) is 12.3 Å². The lowest BCUT2D eigenvalue weighted by Gasteiger charge is -2.09. The molecule has 1 N–H and O–H groups in total. The Morgan fingerprint density at radius 1 is 1.18 bits per heavy atom. The van der Waals surface area contributed by atoms with Gasteiger partial charge in [-0.3, -0.25) is 0 Å². The van der Waals surface area contributed by atoms with Gasteiger partial charge in [-0.15, -0.1) is 0 Å². The Balaban J connectivity index is 2.02. The van der Waals surface area contributed by atoms with E-state index in [4.69, 9.17) is 23.2 Å². The maximum Gasteiger partial charge on any atom is 0.216 e. The molecule has 0 radical (unpaired) electrons.